The summed E-state index contributed by atoms with van der Waals surface area (Å²) in [6.07, 6.45) is 3.26. The summed E-state index contributed by atoms with van der Waals surface area (Å²) in [5, 5.41) is 3.76. The fourth-order valence-corrected chi connectivity index (χ4v) is 3.94. The summed E-state index contributed by atoms with van der Waals surface area (Å²) < 4.78 is 0. The summed E-state index contributed by atoms with van der Waals surface area (Å²) in [4.78, 5) is 15.1. The largest absolute Gasteiger partial charge is 0.325 e. The lowest BCUT2D eigenvalue weighted by molar-refractivity contribution is -0.117. The Morgan fingerprint density at radius 3 is 2.67 bits per heavy atom. The van der Waals surface area contributed by atoms with Gasteiger partial charge in [-0.15, -0.1) is 0 Å². The molecular formula is C21H25ClN4O. The molecule has 2 atom stereocenters. The number of hydrogen-bond acceptors (Lipinski definition) is 4. The molecule has 0 bridgehead atoms. The van der Waals surface area contributed by atoms with Crippen molar-refractivity contribution in [1.29, 1.82) is 0 Å². The third kappa shape index (κ3) is 4.68. The van der Waals surface area contributed by atoms with Crippen LogP contribution in [-0.4, -0.2) is 29.9 Å². The highest BCUT2D eigenvalue weighted by molar-refractivity contribution is 6.30. The number of hydrogen-bond donors (Lipinski definition) is 3. The first-order chi connectivity index (χ1) is 13.2. The van der Waals surface area contributed by atoms with E-state index in [0.29, 0.717) is 11.4 Å². The third-order valence-electron chi connectivity index (χ3n) is 5.29. The van der Waals surface area contributed by atoms with E-state index in [2.05, 4.69) is 33.2 Å². The zero-order valence-electron chi connectivity index (χ0n) is 15.2. The zero-order chi connectivity index (χ0) is 18.6. The lowest BCUT2D eigenvalue weighted by Gasteiger charge is -2.16. The molecule has 142 valence electrons. The molecule has 2 aliphatic rings. The van der Waals surface area contributed by atoms with Crippen molar-refractivity contribution in [3.05, 3.63) is 64.7 Å². The molecule has 0 saturated carbocycles. The number of amides is 1. The van der Waals surface area contributed by atoms with Gasteiger partial charge in [0, 0.05) is 23.3 Å². The minimum absolute atomic E-state index is 0.0164. The molecule has 2 fully saturated rings. The molecule has 0 aliphatic carbocycles. The Bertz CT molecular complexity index is 789. The van der Waals surface area contributed by atoms with Gasteiger partial charge in [-0.25, -0.2) is 10.9 Å². The van der Waals surface area contributed by atoms with Gasteiger partial charge in [-0.3, -0.25) is 9.69 Å². The van der Waals surface area contributed by atoms with Crippen molar-refractivity contribution in [3.63, 3.8) is 0 Å². The van der Waals surface area contributed by atoms with E-state index >= 15 is 0 Å². The highest BCUT2D eigenvalue weighted by atomic mass is 35.5. The molecular weight excluding hydrogens is 360 g/mol. The van der Waals surface area contributed by atoms with Gasteiger partial charge in [-0.1, -0.05) is 35.9 Å². The summed E-state index contributed by atoms with van der Waals surface area (Å²) in [6, 6.07) is 15.7. The number of anilines is 1. The minimum Gasteiger partial charge on any atom is -0.325 e. The van der Waals surface area contributed by atoms with Crippen molar-refractivity contribution in [3.8, 4) is 0 Å². The van der Waals surface area contributed by atoms with E-state index in [9.17, 15) is 4.79 Å². The Kier molecular flexibility index (Phi) is 5.74. The van der Waals surface area contributed by atoms with Gasteiger partial charge in [-0.2, -0.15) is 0 Å². The second-order valence-corrected chi connectivity index (χ2v) is 7.79. The number of carbonyl (C=O) groups is 1. The first-order valence-corrected chi connectivity index (χ1v) is 9.94. The van der Waals surface area contributed by atoms with E-state index in [1.807, 2.05) is 36.4 Å². The maximum Gasteiger partial charge on any atom is 0.242 e. The van der Waals surface area contributed by atoms with Gasteiger partial charge in [0.2, 0.25) is 5.91 Å². The Balaban J connectivity index is 1.34. The summed E-state index contributed by atoms with van der Waals surface area (Å²) >= 11 is 5.95. The van der Waals surface area contributed by atoms with Crippen molar-refractivity contribution in [2.24, 2.45) is 0 Å². The first kappa shape index (κ1) is 18.4. The monoisotopic (exact) mass is 384 g/mol. The van der Waals surface area contributed by atoms with Crippen LogP contribution in [0.15, 0.2) is 48.5 Å². The molecule has 2 aliphatic heterocycles. The molecule has 2 aromatic rings. The standard InChI is InChI=1S/C21H25ClN4O/c22-17-8-6-16(7-9-17)19-13-20(25-24-19)21(27)23-18-5-3-4-15(12-18)14-26-10-1-2-11-26/h3-9,12,19-20,24-25H,1-2,10-11,13-14H2,(H,23,27). The SMILES string of the molecule is O=C(Nc1cccc(CN2CCCC2)c1)C1CC(c2ccc(Cl)cc2)NN1. The highest BCUT2D eigenvalue weighted by Gasteiger charge is 2.30. The Morgan fingerprint density at radius 2 is 1.89 bits per heavy atom. The average molecular weight is 385 g/mol. The van der Waals surface area contributed by atoms with Gasteiger partial charge < -0.3 is 5.32 Å². The number of rotatable bonds is 5. The van der Waals surface area contributed by atoms with Gasteiger partial charge in [-0.05, 0) is 67.7 Å². The van der Waals surface area contributed by atoms with Crippen LogP contribution in [0.4, 0.5) is 5.69 Å². The molecule has 1 amide bonds. The average Bonchev–Trinajstić information content (AvgIpc) is 3.35. The van der Waals surface area contributed by atoms with Gasteiger partial charge in [0.05, 0.1) is 0 Å². The lowest BCUT2D eigenvalue weighted by Crippen LogP contribution is -2.39. The van der Waals surface area contributed by atoms with E-state index in [-0.39, 0.29) is 18.0 Å². The first-order valence-electron chi connectivity index (χ1n) is 9.56. The lowest BCUT2D eigenvalue weighted by atomic mass is 10.0. The third-order valence-corrected chi connectivity index (χ3v) is 5.54. The number of nitrogens with zero attached hydrogens (tertiary/aromatic N) is 1. The molecule has 2 heterocycles. The van der Waals surface area contributed by atoms with Crippen LogP contribution in [0.3, 0.4) is 0 Å². The number of carbonyl (C=O) groups excluding carboxylic acids is 1. The maximum atomic E-state index is 12.7. The summed E-state index contributed by atoms with van der Waals surface area (Å²) in [6.45, 7) is 3.28. The fourth-order valence-electron chi connectivity index (χ4n) is 3.82. The molecule has 3 N–H and O–H groups in total. The highest BCUT2D eigenvalue weighted by Crippen LogP contribution is 2.24. The van der Waals surface area contributed by atoms with Crippen molar-refractivity contribution in [1.82, 2.24) is 15.8 Å². The van der Waals surface area contributed by atoms with Crippen LogP contribution in [0, 0.1) is 0 Å². The molecule has 0 aromatic heterocycles. The predicted molar refractivity (Wildman–Crippen MR) is 108 cm³/mol. The van der Waals surface area contributed by atoms with Crippen LogP contribution in [0.1, 0.15) is 36.4 Å². The quantitative estimate of drug-likeness (QED) is 0.738. The smallest absolute Gasteiger partial charge is 0.242 e. The van der Waals surface area contributed by atoms with Crippen LogP contribution >= 0.6 is 11.6 Å². The van der Waals surface area contributed by atoms with E-state index in [1.165, 1.54) is 31.5 Å². The summed E-state index contributed by atoms with van der Waals surface area (Å²) in [5.41, 5.74) is 9.54. The van der Waals surface area contributed by atoms with Crippen molar-refractivity contribution in [2.45, 2.75) is 37.9 Å². The van der Waals surface area contributed by atoms with Crippen molar-refractivity contribution < 1.29 is 4.79 Å². The summed E-state index contributed by atoms with van der Waals surface area (Å²) in [7, 11) is 0. The zero-order valence-corrected chi connectivity index (χ0v) is 16.0. The molecule has 2 unspecified atom stereocenters. The number of likely N-dealkylation sites (tertiary alicyclic amines) is 1. The van der Waals surface area contributed by atoms with E-state index in [1.54, 1.807) is 0 Å². The molecule has 0 radical (unpaired) electrons. The summed E-state index contributed by atoms with van der Waals surface area (Å²) in [5.74, 6) is -0.0164. The van der Waals surface area contributed by atoms with Crippen LogP contribution in [0.25, 0.3) is 0 Å². The van der Waals surface area contributed by atoms with Gasteiger partial charge in [0.1, 0.15) is 6.04 Å². The normalized spacial score (nSPS) is 22.9. The van der Waals surface area contributed by atoms with Gasteiger partial charge in [0.25, 0.3) is 0 Å². The second-order valence-electron chi connectivity index (χ2n) is 7.35. The van der Waals surface area contributed by atoms with E-state index in [4.69, 9.17) is 11.6 Å². The van der Waals surface area contributed by atoms with E-state index < -0.39 is 0 Å². The maximum absolute atomic E-state index is 12.7. The minimum atomic E-state index is -0.270. The fraction of sp³-hybridized carbons (Fsp3) is 0.381. The number of hydrazine groups is 1. The molecule has 5 nitrogen and oxygen atoms in total. The topological polar surface area (TPSA) is 56.4 Å². The number of nitrogens with one attached hydrogen (secondary N) is 3. The van der Waals surface area contributed by atoms with Crippen molar-refractivity contribution in [2.75, 3.05) is 18.4 Å². The molecule has 6 heteroatoms. The molecule has 27 heavy (non-hydrogen) atoms. The second kappa shape index (κ2) is 8.40. The van der Waals surface area contributed by atoms with E-state index in [0.717, 1.165) is 17.8 Å². The predicted octanol–water partition coefficient (Wildman–Crippen LogP) is 3.48. The number of halogens is 1. The van der Waals surface area contributed by atoms with Crippen LogP contribution in [-0.2, 0) is 11.3 Å². The molecule has 2 aromatic carbocycles. The van der Waals surface area contributed by atoms with Crippen LogP contribution < -0.4 is 16.2 Å². The molecule has 4 rings (SSSR count). The molecule has 0 spiro atoms. The Morgan fingerprint density at radius 1 is 1.11 bits per heavy atom. The van der Waals surface area contributed by atoms with Crippen LogP contribution in [0.5, 0.6) is 0 Å². The number of benzene rings is 2. The van der Waals surface area contributed by atoms with Crippen molar-refractivity contribution >= 4 is 23.2 Å². The van der Waals surface area contributed by atoms with Gasteiger partial charge in [0.15, 0.2) is 0 Å². The Hall–Kier alpha value is -1.92. The van der Waals surface area contributed by atoms with Gasteiger partial charge >= 0.3 is 0 Å². The Labute approximate surface area is 165 Å². The van der Waals surface area contributed by atoms with Crippen LogP contribution in [0.2, 0.25) is 5.02 Å². The molecule has 2 saturated heterocycles.